The van der Waals surface area contributed by atoms with E-state index in [0.29, 0.717) is 0 Å². The van der Waals surface area contributed by atoms with Crippen LogP contribution in [-0.2, 0) is 0 Å². The van der Waals surface area contributed by atoms with E-state index in [-0.39, 0.29) is 6.03 Å². The van der Waals surface area contributed by atoms with Gasteiger partial charge >= 0.3 is 6.03 Å². The predicted molar refractivity (Wildman–Crippen MR) is 118 cm³/mol. The molecule has 0 unspecified atom stereocenters. The monoisotopic (exact) mass is 387 g/mol. The highest BCUT2D eigenvalue weighted by atomic mass is 32.1. The number of hydrogen-bond donors (Lipinski definition) is 2. The fraction of sp³-hybridized carbons (Fsp3) is 0.130. The summed E-state index contributed by atoms with van der Waals surface area (Å²) in [5.41, 5.74) is 6.97. The van der Waals surface area contributed by atoms with E-state index in [1.54, 1.807) is 11.3 Å². The molecule has 1 aromatic heterocycles. The smallest absolute Gasteiger partial charge is 0.308 e. The number of thiazole rings is 1. The van der Waals surface area contributed by atoms with Crippen molar-refractivity contribution in [2.45, 2.75) is 20.8 Å². The van der Waals surface area contributed by atoms with Gasteiger partial charge in [0.05, 0.1) is 10.2 Å². The first-order valence-corrected chi connectivity index (χ1v) is 9.93. The molecule has 2 N–H and O–H groups in total. The highest BCUT2D eigenvalue weighted by molar-refractivity contribution is 7.21. The van der Waals surface area contributed by atoms with E-state index in [9.17, 15) is 4.79 Å². The molecule has 0 aliphatic rings. The van der Waals surface area contributed by atoms with Crippen molar-refractivity contribution in [2.24, 2.45) is 0 Å². The van der Waals surface area contributed by atoms with Crippen molar-refractivity contribution in [3.05, 3.63) is 77.4 Å². The molecule has 0 spiro atoms. The Morgan fingerprint density at radius 1 is 0.857 bits per heavy atom. The molecule has 0 bridgehead atoms. The number of carbonyl (C=O) groups is 1. The molecular formula is C23H21N3OS. The maximum absolute atomic E-state index is 12.4. The average Bonchev–Trinajstić information content (AvgIpc) is 3.10. The van der Waals surface area contributed by atoms with E-state index >= 15 is 0 Å². The average molecular weight is 388 g/mol. The summed E-state index contributed by atoms with van der Waals surface area (Å²) in [6.45, 7) is 6.07. The number of rotatable bonds is 3. The number of aryl methyl sites for hydroxylation is 3. The number of nitrogens with one attached hydrogen (secondary N) is 2. The van der Waals surface area contributed by atoms with Crippen LogP contribution in [0.3, 0.4) is 0 Å². The molecule has 4 aromatic rings. The molecule has 5 heteroatoms. The number of urea groups is 1. The number of fused-ring (bicyclic) bond motifs is 1. The van der Waals surface area contributed by atoms with Crippen LogP contribution in [0.25, 0.3) is 20.8 Å². The second-order valence-electron chi connectivity index (χ2n) is 6.89. The van der Waals surface area contributed by atoms with Gasteiger partial charge in [-0.25, -0.2) is 9.78 Å². The summed E-state index contributed by atoms with van der Waals surface area (Å²) >= 11 is 1.67. The van der Waals surface area contributed by atoms with Gasteiger partial charge in [0.25, 0.3) is 0 Å². The number of hydrogen-bond acceptors (Lipinski definition) is 3. The third kappa shape index (κ3) is 3.75. The molecule has 0 atom stereocenters. The number of anilines is 2. The van der Waals surface area contributed by atoms with Crippen molar-refractivity contribution in [1.29, 1.82) is 0 Å². The molecule has 0 saturated heterocycles. The minimum atomic E-state index is -0.251. The highest BCUT2D eigenvalue weighted by Crippen LogP contribution is 2.32. The molecule has 28 heavy (non-hydrogen) atoms. The third-order valence-electron chi connectivity index (χ3n) is 4.78. The lowest BCUT2D eigenvalue weighted by atomic mass is 10.1. The first-order valence-electron chi connectivity index (χ1n) is 9.11. The zero-order chi connectivity index (χ0) is 19.7. The number of nitrogens with zero attached hydrogens (tertiary/aromatic N) is 1. The second kappa shape index (κ2) is 7.44. The summed E-state index contributed by atoms with van der Waals surface area (Å²) in [6.07, 6.45) is 0. The standard InChI is InChI=1S/C23H21N3OS/c1-14-8-10-18(13-15(14)2)24-23(27)26-19-11-9-17(12-16(19)3)22-25-20-6-4-5-7-21(20)28-22/h4-13H,1-3H3,(H2,24,26,27). The van der Waals surface area contributed by atoms with Crippen molar-refractivity contribution in [1.82, 2.24) is 4.98 Å². The van der Waals surface area contributed by atoms with Crippen LogP contribution in [0.5, 0.6) is 0 Å². The van der Waals surface area contributed by atoms with Gasteiger partial charge in [0, 0.05) is 16.9 Å². The molecule has 0 aliphatic heterocycles. The fourth-order valence-electron chi connectivity index (χ4n) is 3.04. The maximum Gasteiger partial charge on any atom is 0.323 e. The molecule has 0 radical (unpaired) electrons. The Labute approximate surface area is 168 Å². The fourth-order valence-corrected chi connectivity index (χ4v) is 4.00. The van der Waals surface area contributed by atoms with E-state index < -0.39 is 0 Å². The minimum Gasteiger partial charge on any atom is -0.308 e. The first-order chi connectivity index (χ1) is 13.5. The molecule has 4 nitrogen and oxygen atoms in total. The topological polar surface area (TPSA) is 54.0 Å². The predicted octanol–water partition coefficient (Wildman–Crippen LogP) is 6.53. The van der Waals surface area contributed by atoms with Crippen LogP contribution in [0.4, 0.5) is 16.2 Å². The number of aromatic nitrogens is 1. The lowest BCUT2D eigenvalue weighted by molar-refractivity contribution is 0.262. The summed E-state index contributed by atoms with van der Waals surface area (Å²) in [5, 5.41) is 6.80. The summed E-state index contributed by atoms with van der Waals surface area (Å²) in [6, 6.07) is 19.7. The molecule has 0 saturated carbocycles. The third-order valence-corrected chi connectivity index (χ3v) is 5.87. The zero-order valence-corrected chi connectivity index (χ0v) is 16.9. The molecule has 0 aliphatic carbocycles. The number of carbonyl (C=O) groups excluding carboxylic acids is 1. The van der Waals surface area contributed by atoms with E-state index in [0.717, 1.165) is 38.6 Å². The Morgan fingerprint density at radius 3 is 2.43 bits per heavy atom. The van der Waals surface area contributed by atoms with Gasteiger partial charge in [-0.2, -0.15) is 0 Å². The molecule has 4 rings (SSSR count). The Hall–Kier alpha value is -3.18. The van der Waals surface area contributed by atoms with E-state index in [1.807, 2.05) is 62.4 Å². The summed E-state index contributed by atoms with van der Waals surface area (Å²) < 4.78 is 1.17. The van der Waals surface area contributed by atoms with Crippen molar-refractivity contribution in [2.75, 3.05) is 10.6 Å². The van der Waals surface area contributed by atoms with Crippen LogP contribution in [0, 0.1) is 20.8 Å². The van der Waals surface area contributed by atoms with Crippen molar-refractivity contribution in [3.8, 4) is 10.6 Å². The van der Waals surface area contributed by atoms with Gasteiger partial charge in [-0.05, 0) is 79.9 Å². The van der Waals surface area contributed by atoms with Crippen molar-refractivity contribution >= 4 is 39.0 Å². The summed E-state index contributed by atoms with van der Waals surface area (Å²) in [4.78, 5) is 17.1. The Morgan fingerprint density at radius 2 is 1.68 bits per heavy atom. The summed E-state index contributed by atoms with van der Waals surface area (Å²) in [7, 11) is 0. The van der Waals surface area contributed by atoms with Gasteiger partial charge in [0.15, 0.2) is 0 Å². The number of benzene rings is 3. The van der Waals surface area contributed by atoms with Gasteiger partial charge in [-0.1, -0.05) is 18.2 Å². The van der Waals surface area contributed by atoms with Crippen LogP contribution in [0.1, 0.15) is 16.7 Å². The quantitative estimate of drug-likeness (QED) is 0.420. The number of amides is 2. The Balaban J connectivity index is 1.51. The van der Waals surface area contributed by atoms with Gasteiger partial charge in [0.2, 0.25) is 0 Å². The Bertz CT molecular complexity index is 1150. The highest BCUT2D eigenvalue weighted by Gasteiger charge is 2.10. The Kier molecular flexibility index (Phi) is 4.84. The summed E-state index contributed by atoms with van der Waals surface area (Å²) in [5.74, 6) is 0. The molecule has 3 aromatic carbocycles. The largest absolute Gasteiger partial charge is 0.323 e. The first kappa shape index (κ1) is 18.2. The van der Waals surface area contributed by atoms with Crippen LogP contribution in [-0.4, -0.2) is 11.0 Å². The second-order valence-corrected chi connectivity index (χ2v) is 7.93. The van der Waals surface area contributed by atoms with Gasteiger partial charge in [0.1, 0.15) is 5.01 Å². The van der Waals surface area contributed by atoms with Crippen LogP contribution < -0.4 is 10.6 Å². The molecule has 0 fully saturated rings. The number of para-hydroxylation sites is 1. The lowest BCUT2D eigenvalue weighted by Crippen LogP contribution is -2.20. The van der Waals surface area contributed by atoms with Crippen LogP contribution >= 0.6 is 11.3 Å². The van der Waals surface area contributed by atoms with Crippen LogP contribution in [0.2, 0.25) is 0 Å². The SMILES string of the molecule is Cc1ccc(NC(=O)Nc2ccc(-c3nc4ccccc4s3)cc2C)cc1C. The normalized spacial score (nSPS) is 10.8. The van der Waals surface area contributed by atoms with E-state index in [4.69, 9.17) is 4.98 Å². The minimum absolute atomic E-state index is 0.251. The van der Waals surface area contributed by atoms with Gasteiger partial charge in [-0.15, -0.1) is 11.3 Å². The molecule has 2 amide bonds. The van der Waals surface area contributed by atoms with Crippen LogP contribution in [0.15, 0.2) is 60.7 Å². The van der Waals surface area contributed by atoms with Gasteiger partial charge < -0.3 is 10.6 Å². The maximum atomic E-state index is 12.4. The molecular weight excluding hydrogens is 366 g/mol. The van der Waals surface area contributed by atoms with Crippen molar-refractivity contribution < 1.29 is 4.79 Å². The molecule has 140 valence electrons. The van der Waals surface area contributed by atoms with E-state index in [1.165, 1.54) is 10.3 Å². The van der Waals surface area contributed by atoms with Crippen molar-refractivity contribution in [3.63, 3.8) is 0 Å². The zero-order valence-electron chi connectivity index (χ0n) is 16.0. The van der Waals surface area contributed by atoms with Gasteiger partial charge in [-0.3, -0.25) is 0 Å². The molecule has 1 heterocycles. The van der Waals surface area contributed by atoms with E-state index in [2.05, 4.69) is 29.7 Å². The lowest BCUT2D eigenvalue weighted by Gasteiger charge is -2.12.